The van der Waals surface area contributed by atoms with Gasteiger partial charge in [0.1, 0.15) is 6.29 Å². The van der Waals surface area contributed by atoms with E-state index in [0.717, 1.165) is 17.4 Å². The van der Waals surface area contributed by atoms with E-state index in [1.54, 1.807) is 6.07 Å². The van der Waals surface area contributed by atoms with E-state index < -0.39 is 0 Å². The fourth-order valence-corrected chi connectivity index (χ4v) is 2.35. The number of carbonyl (C=O) groups is 1. The molecule has 0 radical (unpaired) electrons. The second kappa shape index (κ2) is 4.00. The first-order valence-electron chi connectivity index (χ1n) is 4.53. The first kappa shape index (κ1) is 10.7. The summed E-state index contributed by atoms with van der Waals surface area (Å²) in [5, 5.41) is 13.0. The third-order valence-corrected chi connectivity index (χ3v) is 3.24. The van der Waals surface area contributed by atoms with Gasteiger partial charge in [0, 0.05) is 6.54 Å². The van der Waals surface area contributed by atoms with Crippen LogP contribution in [0.4, 0.5) is 0 Å². The molecule has 1 unspecified atom stereocenters. The van der Waals surface area contributed by atoms with Crippen LogP contribution in [0.2, 0.25) is 10.0 Å². The van der Waals surface area contributed by atoms with Crippen LogP contribution in [0, 0.1) is 0 Å². The summed E-state index contributed by atoms with van der Waals surface area (Å²) in [4.78, 5) is 10.8. The number of fused-ring (bicyclic) bond motifs is 1. The molecule has 5 heteroatoms. The lowest BCUT2D eigenvalue weighted by Crippen LogP contribution is -2.30. The van der Waals surface area contributed by atoms with Crippen molar-refractivity contribution in [2.75, 3.05) is 6.54 Å². The van der Waals surface area contributed by atoms with Gasteiger partial charge in [-0.25, -0.2) is 0 Å². The summed E-state index contributed by atoms with van der Waals surface area (Å²) in [6.07, 6.45) is 1.49. The zero-order chi connectivity index (χ0) is 11.0. The van der Waals surface area contributed by atoms with Crippen LogP contribution in [-0.2, 0) is 11.2 Å². The molecule has 1 aromatic carbocycles. The van der Waals surface area contributed by atoms with Crippen molar-refractivity contribution in [3.05, 3.63) is 27.2 Å². The van der Waals surface area contributed by atoms with Crippen molar-refractivity contribution in [2.45, 2.75) is 12.5 Å². The molecule has 1 heterocycles. The van der Waals surface area contributed by atoms with Crippen molar-refractivity contribution >= 4 is 29.5 Å². The molecule has 0 aliphatic carbocycles. The summed E-state index contributed by atoms with van der Waals surface area (Å²) in [7, 11) is 0. The van der Waals surface area contributed by atoms with E-state index in [2.05, 4.69) is 5.32 Å². The van der Waals surface area contributed by atoms with Crippen LogP contribution >= 0.6 is 23.2 Å². The molecule has 2 rings (SSSR count). The Kier molecular flexibility index (Phi) is 2.87. The highest BCUT2D eigenvalue weighted by Gasteiger charge is 2.24. The summed E-state index contributed by atoms with van der Waals surface area (Å²) in [6, 6.07) is 1.20. The number of hydrogen-bond donors (Lipinski definition) is 2. The standard InChI is InChI=1S/C10H9Cl2NO2/c11-7-3-6-5(9(12)10(7)15)1-2-13-8(6)4-14/h3-4,8,13,15H,1-2H2. The van der Waals surface area contributed by atoms with Gasteiger partial charge < -0.3 is 15.2 Å². The third-order valence-electron chi connectivity index (χ3n) is 2.54. The molecule has 0 spiro atoms. The SMILES string of the molecule is O=CC1NCCc2c1cc(Cl)c(O)c2Cl. The van der Waals surface area contributed by atoms with Crippen LogP contribution < -0.4 is 5.32 Å². The fraction of sp³-hybridized carbons (Fsp3) is 0.300. The molecule has 1 aliphatic rings. The summed E-state index contributed by atoms with van der Waals surface area (Å²) < 4.78 is 0. The molecule has 0 saturated heterocycles. The van der Waals surface area contributed by atoms with Crippen molar-refractivity contribution in [1.29, 1.82) is 0 Å². The molecule has 0 saturated carbocycles. The Labute approximate surface area is 97.0 Å². The van der Waals surface area contributed by atoms with Gasteiger partial charge in [-0.3, -0.25) is 0 Å². The highest BCUT2D eigenvalue weighted by Crippen LogP contribution is 2.39. The van der Waals surface area contributed by atoms with Crippen molar-refractivity contribution in [1.82, 2.24) is 5.32 Å². The van der Waals surface area contributed by atoms with E-state index in [0.29, 0.717) is 13.0 Å². The normalized spacial score (nSPS) is 19.7. The molecular weight excluding hydrogens is 237 g/mol. The van der Waals surface area contributed by atoms with E-state index in [4.69, 9.17) is 23.2 Å². The lowest BCUT2D eigenvalue weighted by atomic mass is 9.94. The number of carbonyl (C=O) groups excluding carboxylic acids is 1. The maximum Gasteiger partial charge on any atom is 0.153 e. The van der Waals surface area contributed by atoms with Crippen molar-refractivity contribution in [3.63, 3.8) is 0 Å². The summed E-state index contributed by atoms with van der Waals surface area (Å²) in [6.45, 7) is 0.664. The number of phenolic OH excluding ortho intramolecular Hbond substituents is 1. The fourth-order valence-electron chi connectivity index (χ4n) is 1.78. The molecule has 0 bridgehead atoms. The number of aldehydes is 1. The van der Waals surface area contributed by atoms with Crippen molar-refractivity contribution in [2.24, 2.45) is 0 Å². The third kappa shape index (κ3) is 1.71. The summed E-state index contributed by atoms with van der Waals surface area (Å²) in [5.41, 5.74) is 1.55. The molecule has 15 heavy (non-hydrogen) atoms. The van der Waals surface area contributed by atoms with Gasteiger partial charge in [-0.1, -0.05) is 23.2 Å². The van der Waals surface area contributed by atoms with E-state index in [1.165, 1.54) is 0 Å². The average Bonchev–Trinajstić information content (AvgIpc) is 2.25. The lowest BCUT2D eigenvalue weighted by Gasteiger charge is -2.24. The summed E-state index contributed by atoms with van der Waals surface area (Å²) >= 11 is 11.8. The van der Waals surface area contributed by atoms with Crippen LogP contribution in [0.25, 0.3) is 0 Å². The van der Waals surface area contributed by atoms with E-state index in [1.807, 2.05) is 0 Å². The molecular formula is C10H9Cl2NO2. The van der Waals surface area contributed by atoms with Gasteiger partial charge in [0.15, 0.2) is 5.75 Å². The molecule has 3 nitrogen and oxygen atoms in total. The number of rotatable bonds is 1. The van der Waals surface area contributed by atoms with Gasteiger partial charge in [-0.2, -0.15) is 0 Å². The van der Waals surface area contributed by atoms with Crippen LogP contribution in [0.5, 0.6) is 5.75 Å². The van der Waals surface area contributed by atoms with Gasteiger partial charge in [0.05, 0.1) is 16.1 Å². The minimum atomic E-state index is -0.385. The molecule has 1 aliphatic heterocycles. The number of hydrogen-bond acceptors (Lipinski definition) is 3. The van der Waals surface area contributed by atoms with Gasteiger partial charge in [0.2, 0.25) is 0 Å². The number of halogens is 2. The van der Waals surface area contributed by atoms with E-state index in [-0.39, 0.29) is 21.8 Å². The molecule has 0 amide bonds. The smallest absolute Gasteiger partial charge is 0.153 e. The predicted octanol–water partition coefficient (Wildman–Crippen LogP) is 2.08. The van der Waals surface area contributed by atoms with Crippen molar-refractivity contribution < 1.29 is 9.90 Å². The largest absolute Gasteiger partial charge is 0.505 e. The molecule has 80 valence electrons. The number of benzene rings is 1. The van der Waals surface area contributed by atoms with Gasteiger partial charge in [-0.05, 0) is 23.6 Å². The molecule has 0 fully saturated rings. The Bertz CT molecular complexity index is 420. The Hall–Kier alpha value is -0.770. The van der Waals surface area contributed by atoms with Crippen LogP contribution in [0.1, 0.15) is 17.2 Å². The maximum atomic E-state index is 10.8. The van der Waals surface area contributed by atoms with E-state index >= 15 is 0 Å². The van der Waals surface area contributed by atoms with Crippen LogP contribution in [0.15, 0.2) is 6.07 Å². The van der Waals surface area contributed by atoms with Crippen LogP contribution in [0.3, 0.4) is 0 Å². The lowest BCUT2D eigenvalue weighted by molar-refractivity contribution is -0.109. The van der Waals surface area contributed by atoms with Crippen molar-refractivity contribution in [3.8, 4) is 5.75 Å². The Balaban J connectivity index is 2.63. The number of nitrogens with one attached hydrogen (secondary N) is 1. The Morgan fingerprint density at radius 3 is 2.93 bits per heavy atom. The van der Waals surface area contributed by atoms with Gasteiger partial charge in [-0.15, -0.1) is 0 Å². The molecule has 1 aromatic rings. The second-order valence-corrected chi connectivity index (χ2v) is 4.19. The quantitative estimate of drug-likeness (QED) is 0.746. The minimum absolute atomic E-state index is 0.108. The number of phenols is 1. The second-order valence-electron chi connectivity index (χ2n) is 3.41. The Morgan fingerprint density at radius 1 is 1.53 bits per heavy atom. The van der Waals surface area contributed by atoms with E-state index in [9.17, 15) is 9.90 Å². The highest BCUT2D eigenvalue weighted by atomic mass is 35.5. The average molecular weight is 246 g/mol. The van der Waals surface area contributed by atoms with Crippen LogP contribution in [-0.4, -0.2) is 17.9 Å². The maximum absolute atomic E-state index is 10.8. The first-order chi connectivity index (χ1) is 7.15. The highest BCUT2D eigenvalue weighted by molar-refractivity contribution is 6.37. The summed E-state index contributed by atoms with van der Waals surface area (Å²) in [5.74, 6) is -0.108. The first-order valence-corrected chi connectivity index (χ1v) is 5.29. The zero-order valence-corrected chi connectivity index (χ0v) is 9.27. The molecule has 0 aromatic heterocycles. The minimum Gasteiger partial charge on any atom is -0.505 e. The topological polar surface area (TPSA) is 49.3 Å². The zero-order valence-electron chi connectivity index (χ0n) is 7.76. The number of aromatic hydroxyl groups is 1. The van der Waals surface area contributed by atoms with Gasteiger partial charge in [0.25, 0.3) is 0 Å². The predicted molar refractivity (Wildman–Crippen MR) is 58.6 cm³/mol. The Morgan fingerprint density at radius 2 is 2.27 bits per heavy atom. The molecule has 2 N–H and O–H groups in total. The van der Waals surface area contributed by atoms with Gasteiger partial charge >= 0.3 is 0 Å². The monoisotopic (exact) mass is 245 g/mol. The molecule has 1 atom stereocenters.